The molecule has 3 aliphatic heterocycles. The Morgan fingerprint density at radius 3 is 2.63 bits per heavy atom. The van der Waals surface area contributed by atoms with Crippen LogP contribution in [0.4, 0.5) is 0 Å². The van der Waals surface area contributed by atoms with Crippen molar-refractivity contribution in [3.63, 3.8) is 0 Å². The highest BCUT2D eigenvalue weighted by Gasteiger charge is 2.71. The maximum Gasteiger partial charge on any atom is 0.188 e. The number of aliphatic hydroxyl groups is 5. The molecule has 8 aliphatic rings. The Balaban J connectivity index is 1.23. The Morgan fingerprint density at radius 2 is 1.86 bits per heavy atom. The van der Waals surface area contributed by atoms with Crippen LogP contribution in [0, 0.1) is 40.4 Å². The molecule has 3 saturated heterocycles. The minimum Gasteiger partial charge on any atom is -0.511 e. The summed E-state index contributed by atoms with van der Waals surface area (Å²) in [4.78, 5) is 29.3. The zero-order valence-corrected chi connectivity index (χ0v) is 29.6. The molecule has 8 rings (SSSR count). The van der Waals surface area contributed by atoms with E-state index in [0.717, 1.165) is 50.6 Å². The lowest BCUT2D eigenvalue weighted by Crippen LogP contribution is -2.78. The van der Waals surface area contributed by atoms with E-state index in [1.165, 1.54) is 10.8 Å². The van der Waals surface area contributed by atoms with Gasteiger partial charge in [-0.05, 0) is 69.4 Å². The summed E-state index contributed by atoms with van der Waals surface area (Å²) < 4.78 is 12.9. The van der Waals surface area contributed by atoms with E-state index in [-0.39, 0.29) is 35.2 Å². The van der Waals surface area contributed by atoms with Gasteiger partial charge in [0.15, 0.2) is 12.1 Å². The van der Waals surface area contributed by atoms with Crippen molar-refractivity contribution in [3.8, 4) is 0 Å². The van der Waals surface area contributed by atoms with Gasteiger partial charge in [0.1, 0.15) is 40.4 Å². The molecule has 5 aliphatic carbocycles. The molecule has 13 atom stereocenters. The van der Waals surface area contributed by atoms with Crippen LogP contribution in [0.1, 0.15) is 64.7 Å². The topological polar surface area (TPSA) is 178 Å². The maximum atomic E-state index is 14.9. The largest absolute Gasteiger partial charge is 0.511 e. The van der Waals surface area contributed by atoms with Gasteiger partial charge in [0.2, 0.25) is 0 Å². The van der Waals surface area contributed by atoms with Gasteiger partial charge < -0.3 is 40.3 Å². The van der Waals surface area contributed by atoms with E-state index in [2.05, 4.69) is 10.6 Å². The number of hydrogen-bond acceptors (Lipinski definition) is 13. The number of fused-ring (bicyclic) bond motifs is 6. The number of Topliss-reactive ketones (excluding diaryl/α,β-unsaturated/α-hetero) is 2. The Morgan fingerprint density at radius 1 is 1.06 bits per heavy atom. The third kappa shape index (κ3) is 5.00. The number of aliphatic hydroxyl groups excluding tert-OH is 4. The molecular weight excluding hydrogens is 669 g/mol. The van der Waals surface area contributed by atoms with Crippen molar-refractivity contribution < 1.29 is 44.6 Å². The van der Waals surface area contributed by atoms with Crippen LogP contribution in [0.3, 0.4) is 0 Å². The molecule has 6 fully saturated rings. The Bertz CT molecular complexity index is 1450. The number of ether oxygens (including phenoxy) is 2. The van der Waals surface area contributed by atoms with Gasteiger partial charge in [-0.2, -0.15) is 0 Å². The molecule has 11 nitrogen and oxygen atoms in total. The monoisotopic (exact) mass is 718 g/mol. The zero-order chi connectivity index (χ0) is 34.3. The molecule has 3 heterocycles. The number of rotatable bonds is 1. The number of hydrogen-bond donors (Lipinski definition) is 7. The SMILES string of the molecule is CC1=CC2C(=O)C3CCCC4OC5OC6(CO)C=CC(C7(CCCC7)C7CCNC(C7)NCSSCC2(C(=O)C43)C(O)=C1)C(O)(C5O)C6O. The summed E-state index contributed by atoms with van der Waals surface area (Å²) in [6, 6.07) is 0. The fraction of sp³-hybridized carbons (Fsp3) is 0.778. The fourth-order valence-electron chi connectivity index (χ4n) is 11.3. The lowest BCUT2D eigenvalue weighted by Gasteiger charge is -2.62. The van der Waals surface area contributed by atoms with Crippen molar-refractivity contribution in [1.82, 2.24) is 10.6 Å². The Labute approximate surface area is 295 Å². The molecule has 7 N–H and O–H groups in total. The molecule has 0 amide bonds. The van der Waals surface area contributed by atoms with Gasteiger partial charge in [0, 0.05) is 17.6 Å². The van der Waals surface area contributed by atoms with Gasteiger partial charge in [-0.15, -0.1) is 0 Å². The third-order valence-electron chi connectivity index (χ3n) is 13.8. The smallest absolute Gasteiger partial charge is 0.188 e. The van der Waals surface area contributed by atoms with E-state index < -0.39 is 76.9 Å². The van der Waals surface area contributed by atoms with Gasteiger partial charge >= 0.3 is 0 Å². The average Bonchev–Trinajstić information content (AvgIpc) is 3.59. The number of carbonyl (C=O) groups is 2. The first-order valence-electron chi connectivity index (χ1n) is 18.1. The highest BCUT2D eigenvalue weighted by Crippen LogP contribution is 2.62. The van der Waals surface area contributed by atoms with Crippen molar-refractivity contribution in [3.05, 3.63) is 35.6 Å². The summed E-state index contributed by atoms with van der Waals surface area (Å²) in [6.45, 7) is 1.94. The predicted octanol–water partition coefficient (Wildman–Crippen LogP) is 2.50. The van der Waals surface area contributed by atoms with Crippen LogP contribution in [0.25, 0.3) is 0 Å². The van der Waals surface area contributed by atoms with Crippen molar-refractivity contribution >= 4 is 33.2 Å². The lowest BCUT2D eigenvalue weighted by molar-refractivity contribution is -0.381. The zero-order valence-electron chi connectivity index (χ0n) is 28.0. The van der Waals surface area contributed by atoms with E-state index in [1.54, 1.807) is 22.9 Å². The van der Waals surface area contributed by atoms with Gasteiger partial charge in [0.25, 0.3) is 0 Å². The lowest BCUT2D eigenvalue weighted by atomic mass is 9.52. The summed E-state index contributed by atoms with van der Waals surface area (Å²) in [5.41, 5.74) is -4.98. The second-order valence-corrected chi connectivity index (χ2v) is 18.4. The van der Waals surface area contributed by atoms with Crippen LogP contribution in [0.2, 0.25) is 0 Å². The Kier molecular flexibility index (Phi) is 9.02. The molecule has 0 aromatic rings. The van der Waals surface area contributed by atoms with E-state index in [1.807, 2.05) is 19.1 Å². The molecule has 49 heavy (non-hydrogen) atoms. The van der Waals surface area contributed by atoms with Crippen molar-refractivity contribution in [2.45, 2.75) is 107 Å². The normalized spacial score (nSPS) is 49.5. The molecule has 2 spiro atoms. The molecule has 13 unspecified atom stereocenters. The summed E-state index contributed by atoms with van der Waals surface area (Å²) in [5, 5.41) is 66.5. The molecule has 13 heteroatoms. The molecule has 7 bridgehead atoms. The summed E-state index contributed by atoms with van der Waals surface area (Å²) in [6.07, 6.45) is 8.04. The average molecular weight is 719 g/mol. The van der Waals surface area contributed by atoms with Crippen LogP contribution >= 0.6 is 21.6 Å². The highest BCUT2D eigenvalue weighted by atomic mass is 33.1. The van der Waals surface area contributed by atoms with Gasteiger partial charge in [-0.3, -0.25) is 14.9 Å². The molecule has 0 radical (unpaired) electrons. The number of piperidine rings is 1. The van der Waals surface area contributed by atoms with E-state index >= 15 is 0 Å². The van der Waals surface area contributed by atoms with Crippen LogP contribution < -0.4 is 10.6 Å². The Hall–Kier alpha value is -1.26. The van der Waals surface area contributed by atoms with Crippen molar-refractivity contribution in [2.75, 3.05) is 24.8 Å². The standard InChI is InChI=1S/C36H50N2O9S2/c1-19-13-22-28(41)21-5-4-6-23-27(21)29(42)35(22,25(40)14-19)17-48-49-18-38-26-15-20(8-12-37-26)33(9-2-3-10-33)24-7-11-34(16-39)32(44)36(24,45)30(43)31(46-23)47-34/h7,11,13-14,20-24,26-27,30-32,37-40,43-45H,2-6,8-10,12,15-18H2,1H3. The van der Waals surface area contributed by atoms with Crippen LogP contribution in [-0.2, 0) is 19.1 Å². The first kappa shape index (κ1) is 34.8. The van der Waals surface area contributed by atoms with Crippen LogP contribution in [0.15, 0.2) is 35.6 Å². The van der Waals surface area contributed by atoms with Crippen LogP contribution in [0.5, 0.6) is 0 Å². The molecule has 3 saturated carbocycles. The van der Waals surface area contributed by atoms with E-state index in [9.17, 15) is 35.1 Å². The minimum absolute atomic E-state index is 0.0105. The van der Waals surface area contributed by atoms with Crippen LogP contribution in [-0.4, -0.2) is 104 Å². The second kappa shape index (κ2) is 12.7. The highest BCUT2D eigenvalue weighted by molar-refractivity contribution is 8.76. The number of carbonyl (C=O) groups excluding carboxylic acids is 2. The summed E-state index contributed by atoms with van der Waals surface area (Å²) >= 11 is 0. The quantitative estimate of drug-likeness (QED) is 0.156. The number of ketones is 2. The van der Waals surface area contributed by atoms with Gasteiger partial charge in [0.05, 0.1) is 36.6 Å². The number of allylic oxidation sites excluding steroid dienone is 4. The van der Waals surface area contributed by atoms with E-state index in [4.69, 9.17) is 9.47 Å². The second-order valence-electron chi connectivity index (χ2n) is 16.0. The molecule has 270 valence electrons. The number of nitrogens with one attached hydrogen (secondary N) is 2. The third-order valence-corrected chi connectivity index (χ3v) is 16.0. The van der Waals surface area contributed by atoms with Crippen molar-refractivity contribution in [1.29, 1.82) is 0 Å². The minimum atomic E-state index is -2.12. The molecule has 0 aromatic carbocycles. The predicted molar refractivity (Wildman–Crippen MR) is 184 cm³/mol. The first-order valence-corrected chi connectivity index (χ1v) is 20.6. The molecule has 0 aromatic heterocycles. The molecular formula is C36H50N2O9S2. The maximum absolute atomic E-state index is 14.9. The first-order chi connectivity index (χ1) is 23.5. The van der Waals surface area contributed by atoms with Crippen molar-refractivity contribution in [2.24, 2.45) is 40.4 Å². The summed E-state index contributed by atoms with van der Waals surface area (Å²) in [5.74, 6) is -2.47. The van der Waals surface area contributed by atoms with Gasteiger partial charge in [-0.25, -0.2) is 0 Å². The summed E-state index contributed by atoms with van der Waals surface area (Å²) in [7, 11) is 3.04. The van der Waals surface area contributed by atoms with Gasteiger partial charge in [-0.1, -0.05) is 64.7 Å². The van der Waals surface area contributed by atoms with E-state index in [0.29, 0.717) is 25.1 Å². The fourth-order valence-corrected chi connectivity index (χ4v) is 13.7.